The SMILES string of the molecule is CCC(CC)C(Br)CNC(=O)c1ccc2c(c1)CCC2. The number of benzene rings is 1. The van der Waals surface area contributed by atoms with Crippen molar-refractivity contribution in [1.29, 1.82) is 0 Å². The van der Waals surface area contributed by atoms with E-state index in [4.69, 9.17) is 0 Å². The number of halogens is 1. The van der Waals surface area contributed by atoms with Crippen molar-refractivity contribution in [2.24, 2.45) is 5.92 Å². The molecule has 2 nitrogen and oxygen atoms in total. The average molecular weight is 338 g/mol. The zero-order chi connectivity index (χ0) is 14.5. The third-order valence-electron chi connectivity index (χ3n) is 4.38. The minimum absolute atomic E-state index is 0.0510. The van der Waals surface area contributed by atoms with E-state index in [0.717, 1.165) is 31.2 Å². The molecule has 1 N–H and O–H groups in total. The standard InChI is InChI=1S/C17H24BrNO/c1-3-12(4-2)16(18)11-19-17(20)15-9-8-13-6-5-7-14(13)10-15/h8-10,12,16H,3-7,11H2,1-2H3,(H,19,20). The summed E-state index contributed by atoms with van der Waals surface area (Å²) in [6, 6.07) is 6.14. The van der Waals surface area contributed by atoms with E-state index in [9.17, 15) is 4.79 Å². The molecule has 0 bridgehead atoms. The second-order valence-electron chi connectivity index (χ2n) is 5.64. The Labute approximate surface area is 130 Å². The summed E-state index contributed by atoms with van der Waals surface area (Å²) in [5.74, 6) is 0.672. The van der Waals surface area contributed by atoms with E-state index in [1.54, 1.807) is 0 Å². The van der Waals surface area contributed by atoms with Gasteiger partial charge in [-0.25, -0.2) is 0 Å². The molecule has 0 heterocycles. The van der Waals surface area contributed by atoms with E-state index in [0.29, 0.717) is 17.3 Å². The molecule has 1 aliphatic rings. The topological polar surface area (TPSA) is 29.1 Å². The van der Waals surface area contributed by atoms with Crippen LogP contribution in [0.1, 0.15) is 54.6 Å². The lowest BCUT2D eigenvalue weighted by molar-refractivity contribution is 0.0952. The predicted octanol–water partition coefficient (Wildman–Crippen LogP) is 4.10. The maximum atomic E-state index is 12.2. The number of carbonyl (C=O) groups excluding carboxylic acids is 1. The quantitative estimate of drug-likeness (QED) is 0.777. The molecule has 2 rings (SSSR count). The van der Waals surface area contributed by atoms with E-state index in [-0.39, 0.29) is 5.91 Å². The summed E-state index contributed by atoms with van der Waals surface area (Å²) in [6.45, 7) is 5.09. The van der Waals surface area contributed by atoms with Crippen LogP contribution >= 0.6 is 15.9 Å². The largest absolute Gasteiger partial charge is 0.351 e. The summed E-state index contributed by atoms with van der Waals surface area (Å²) < 4.78 is 0. The third kappa shape index (κ3) is 3.63. The van der Waals surface area contributed by atoms with Gasteiger partial charge in [0.05, 0.1) is 0 Å². The number of rotatable bonds is 6. The molecule has 0 aliphatic heterocycles. The number of aryl methyl sites for hydroxylation is 2. The lowest BCUT2D eigenvalue weighted by atomic mass is 9.99. The lowest BCUT2D eigenvalue weighted by Crippen LogP contribution is -2.33. The van der Waals surface area contributed by atoms with Crippen molar-refractivity contribution >= 4 is 21.8 Å². The first-order valence-electron chi connectivity index (χ1n) is 7.69. The van der Waals surface area contributed by atoms with Crippen LogP contribution in [0.5, 0.6) is 0 Å². The van der Waals surface area contributed by atoms with E-state index >= 15 is 0 Å². The van der Waals surface area contributed by atoms with Crippen LogP contribution in [0.4, 0.5) is 0 Å². The molecule has 0 radical (unpaired) electrons. The van der Waals surface area contributed by atoms with Crippen molar-refractivity contribution in [3.63, 3.8) is 0 Å². The predicted molar refractivity (Wildman–Crippen MR) is 87.6 cm³/mol. The van der Waals surface area contributed by atoms with Crippen LogP contribution in [0.15, 0.2) is 18.2 Å². The Morgan fingerprint density at radius 2 is 1.95 bits per heavy atom. The second kappa shape index (κ2) is 7.26. The summed E-state index contributed by atoms with van der Waals surface area (Å²) in [4.78, 5) is 12.6. The van der Waals surface area contributed by atoms with Crippen LogP contribution in [0.3, 0.4) is 0 Å². The molecule has 0 aromatic heterocycles. The van der Waals surface area contributed by atoms with Crippen molar-refractivity contribution in [2.75, 3.05) is 6.54 Å². The number of hydrogen-bond donors (Lipinski definition) is 1. The number of nitrogens with one attached hydrogen (secondary N) is 1. The zero-order valence-electron chi connectivity index (χ0n) is 12.4. The van der Waals surface area contributed by atoms with Crippen molar-refractivity contribution < 1.29 is 4.79 Å². The Balaban J connectivity index is 1.92. The Morgan fingerprint density at radius 1 is 1.25 bits per heavy atom. The molecular weight excluding hydrogens is 314 g/mol. The molecular formula is C17H24BrNO. The van der Waals surface area contributed by atoms with Gasteiger partial charge in [0.15, 0.2) is 0 Å². The van der Waals surface area contributed by atoms with Gasteiger partial charge in [-0.05, 0) is 48.4 Å². The zero-order valence-corrected chi connectivity index (χ0v) is 14.0. The normalized spacial score (nSPS) is 15.2. The molecule has 0 saturated heterocycles. The number of alkyl halides is 1. The number of carbonyl (C=O) groups is 1. The van der Waals surface area contributed by atoms with Gasteiger partial charge in [-0.2, -0.15) is 0 Å². The molecule has 1 aromatic carbocycles. The molecule has 1 atom stereocenters. The Kier molecular flexibility index (Phi) is 5.64. The Bertz CT molecular complexity index is 468. The van der Waals surface area contributed by atoms with Gasteiger partial charge in [0.25, 0.3) is 5.91 Å². The molecule has 1 amide bonds. The summed E-state index contributed by atoms with van der Waals surface area (Å²) in [5, 5.41) is 3.05. The molecule has 0 fully saturated rings. The fraction of sp³-hybridized carbons (Fsp3) is 0.588. The molecule has 0 saturated carbocycles. The number of amides is 1. The highest BCUT2D eigenvalue weighted by Crippen LogP contribution is 2.23. The third-order valence-corrected chi connectivity index (χ3v) is 5.45. The van der Waals surface area contributed by atoms with Crippen molar-refractivity contribution in [3.05, 3.63) is 34.9 Å². The molecule has 0 spiro atoms. The summed E-state index contributed by atoms with van der Waals surface area (Å²) >= 11 is 3.70. The minimum atomic E-state index is 0.0510. The van der Waals surface area contributed by atoms with Gasteiger partial charge >= 0.3 is 0 Å². The first-order chi connectivity index (χ1) is 9.65. The molecule has 1 aromatic rings. The van der Waals surface area contributed by atoms with Crippen molar-refractivity contribution in [1.82, 2.24) is 5.32 Å². The molecule has 3 heteroatoms. The van der Waals surface area contributed by atoms with E-state index in [2.05, 4.69) is 47.2 Å². The monoisotopic (exact) mass is 337 g/mol. The van der Waals surface area contributed by atoms with E-state index < -0.39 is 0 Å². The van der Waals surface area contributed by atoms with Gasteiger partial charge in [0.1, 0.15) is 0 Å². The summed E-state index contributed by atoms with van der Waals surface area (Å²) in [5.41, 5.74) is 3.57. The second-order valence-corrected chi connectivity index (χ2v) is 6.82. The van der Waals surface area contributed by atoms with Crippen molar-refractivity contribution in [2.45, 2.75) is 50.8 Å². The van der Waals surface area contributed by atoms with Crippen LogP contribution < -0.4 is 5.32 Å². The van der Waals surface area contributed by atoms with E-state index in [1.807, 2.05) is 6.07 Å². The van der Waals surface area contributed by atoms with Crippen LogP contribution in [0, 0.1) is 5.92 Å². The fourth-order valence-electron chi connectivity index (χ4n) is 2.97. The maximum Gasteiger partial charge on any atom is 0.251 e. The highest BCUT2D eigenvalue weighted by Gasteiger charge is 2.17. The van der Waals surface area contributed by atoms with Crippen LogP contribution in [-0.2, 0) is 12.8 Å². The maximum absolute atomic E-state index is 12.2. The van der Waals surface area contributed by atoms with Gasteiger partial charge in [-0.1, -0.05) is 48.7 Å². The van der Waals surface area contributed by atoms with Gasteiger partial charge < -0.3 is 5.32 Å². The molecule has 1 unspecified atom stereocenters. The van der Waals surface area contributed by atoms with Crippen LogP contribution in [0.25, 0.3) is 0 Å². The van der Waals surface area contributed by atoms with Crippen LogP contribution in [0.2, 0.25) is 0 Å². The smallest absolute Gasteiger partial charge is 0.251 e. The minimum Gasteiger partial charge on any atom is -0.351 e. The fourth-order valence-corrected chi connectivity index (χ4v) is 3.88. The number of hydrogen-bond acceptors (Lipinski definition) is 1. The lowest BCUT2D eigenvalue weighted by Gasteiger charge is -2.20. The highest BCUT2D eigenvalue weighted by molar-refractivity contribution is 9.09. The van der Waals surface area contributed by atoms with Gasteiger partial charge in [0, 0.05) is 16.9 Å². The summed E-state index contributed by atoms with van der Waals surface area (Å²) in [6.07, 6.45) is 5.78. The first-order valence-corrected chi connectivity index (χ1v) is 8.61. The molecule has 110 valence electrons. The van der Waals surface area contributed by atoms with Crippen LogP contribution in [-0.4, -0.2) is 17.3 Å². The first kappa shape index (κ1) is 15.6. The highest BCUT2D eigenvalue weighted by atomic mass is 79.9. The van der Waals surface area contributed by atoms with E-state index in [1.165, 1.54) is 17.5 Å². The summed E-state index contributed by atoms with van der Waals surface area (Å²) in [7, 11) is 0. The Morgan fingerprint density at radius 3 is 2.65 bits per heavy atom. The molecule has 1 aliphatic carbocycles. The van der Waals surface area contributed by atoms with Gasteiger partial charge in [-0.3, -0.25) is 4.79 Å². The number of fused-ring (bicyclic) bond motifs is 1. The average Bonchev–Trinajstić information content (AvgIpc) is 2.93. The van der Waals surface area contributed by atoms with Gasteiger partial charge in [0.2, 0.25) is 0 Å². The van der Waals surface area contributed by atoms with Gasteiger partial charge in [-0.15, -0.1) is 0 Å². The molecule has 20 heavy (non-hydrogen) atoms. The van der Waals surface area contributed by atoms with Crippen molar-refractivity contribution in [3.8, 4) is 0 Å². The Hall–Kier alpha value is -0.830.